The van der Waals surface area contributed by atoms with Crippen LogP contribution in [0.5, 0.6) is 0 Å². The molecule has 2 aromatic rings. The molecule has 0 radical (unpaired) electrons. The molecule has 0 spiro atoms. The molecule has 2 aromatic carbocycles. The van der Waals surface area contributed by atoms with Crippen molar-refractivity contribution in [3.63, 3.8) is 0 Å². The fourth-order valence-electron chi connectivity index (χ4n) is 3.71. The van der Waals surface area contributed by atoms with Crippen molar-refractivity contribution in [3.05, 3.63) is 70.6 Å². The molecule has 33 heavy (non-hydrogen) atoms. The first kappa shape index (κ1) is 22.6. The van der Waals surface area contributed by atoms with Gasteiger partial charge in [-0.2, -0.15) is 0 Å². The molecule has 2 aliphatic rings. The maximum Gasteiger partial charge on any atom is 0.337 e. The summed E-state index contributed by atoms with van der Waals surface area (Å²) < 4.78 is 4.67. The number of rotatable bonds is 5. The summed E-state index contributed by atoms with van der Waals surface area (Å²) in [5, 5.41) is -0.464. The number of methoxy groups -OCH3 is 1. The van der Waals surface area contributed by atoms with Gasteiger partial charge in [0.25, 0.3) is 11.1 Å². The lowest BCUT2D eigenvalue weighted by Gasteiger charge is -2.36. The molecule has 3 amide bonds. The van der Waals surface area contributed by atoms with Crippen LogP contribution in [-0.2, 0) is 14.3 Å². The molecule has 9 heteroatoms. The molecule has 170 valence electrons. The summed E-state index contributed by atoms with van der Waals surface area (Å²) in [7, 11) is 1.30. The van der Waals surface area contributed by atoms with Gasteiger partial charge in [-0.1, -0.05) is 30.3 Å². The van der Waals surface area contributed by atoms with E-state index in [-0.39, 0.29) is 17.4 Å². The first-order valence-corrected chi connectivity index (χ1v) is 11.3. The minimum Gasteiger partial charge on any atom is -0.465 e. The summed E-state index contributed by atoms with van der Waals surface area (Å²) >= 11 is 0.806. The van der Waals surface area contributed by atoms with Crippen LogP contribution in [0, 0.1) is 0 Å². The molecule has 0 aromatic heterocycles. The molecule has 0 atom stereocenters. The molecule has 0 bridgehead atoms. The highest BCUT2D eigenvalue weighted by atomic mass is 32.2. The number of amides is 3. The van der Waals surface area contributed by atoms with Gasteiger partial charge in [0, 0.05) is 31.9 Å². The normalized spacial score (nSPS) is 17.6. The molecule has 0 N–H and O–H groups in total. The first-order chi connectivity index (χ1) is 16.0. The maximum atomic E-state index is 12.8. The summed E-state index contributed by atoms with van der Waals surface area (Å²) in [5.74, 6) is -1.18. The van der Waals surface area contributed by atoms with E-state index >= 15 is 0 Å². The van der Waals surface area contributed by atoms with Gasteiger partial charge in [-0.05, 0) is 47.7 Å². The third-order valence-electron chi connectivity index (χ3n) is 5.55. The lowest BCUT2D eigenvalue weighted by Crippen LogP contribution is -2.51. The number of benzene rings is 2. The number of hydrogen-bond acceptors (Lipinski definition) is 7. The summed E-state index contributed by atoms with van der Waals surface area (Å²) in [4.78, 5) is 54.6. The zero-order valence-electron chi connectivity index (χ0n) is 18.1. The minimum atomic E-state index is -0.488. The van der Waals surface area contributed by atoms with Gasteiger partial charge in [0.05, 0.1) is 17.6 Å². The number of para-hydroxylation sites is 1. The number of ether oxygens (including phenoxy) is 1. The van der Waals surface area contributed by atoms with Gasteiger partial charge in [0.1, 0.15) is 6.54 Å². The van der Waals surface area contributed by atoms with Crippen molar-refractivity contribution in [2.75, 3.05) is 44.7 Å². The highest BCUT2D eigenvalue weighted by molar-refractivity contribution is 8.18. The summed E-state index contributed by atoms with van der Waals surface area (Å²) in [5.41, 5.74) is 2.16. The maximum absolute atomic E-state index is 12.8. The number of imide groups is 1. The average Bonchev–Trinajstić information content (AvgIpc) is 3.11. The summed E-state index contributed by atoms with van der Waals surface area (Å²) in [6.07, 6.45) is 1.58. The van der Waals surface area contributed by atoms with Gasteiger partial charge < -0.3 is 14.5 Å². The Morgan fingerprint density at radius 1 is 0.970 bits per heavy atom. The van der Waals surface area contributed by atoms with Crippen LogP contribution in [0.4, 0.5) is 10.5 Å². The van der Waals surface area contributed by atoms with Crippen molar-refractivity contribution in [1.82, 2.24) is 9.80 Å². The Morgan fingerprint density at radius 2 is 1.64 bits per heavy atom. The highest BCUT2D eigenvalue weighted by Crippen LogP contribution is 2.32. The van der Waals surface area contributed by atoms with Crippen molar-refractivity contribution < 1.29 is 23.9 Å². The van der Waals surface area contributed by atoms with E-state index in [0.29, 0.717) is 37.3 Å². The molecule has 2 saturated heterocycles. The van der Waals surface area contributed by atoms with Crippen LogP contribution in [0.1, 0.15) is 15.9 Å². The number of carbonyl (C=O) groups excluding carboxylic acids is 4. The number of anilines is 1. The molecule has 0 aliphatic carbocycles. The number of piperazine rings is 1. The van der Waals surface area contributed by atoms with Crippen molar-refractivity contribution >= 4 is 46.5 Å². The second kappa shape index (κ2) is 9.91. The molecular weight excluding hydrogens is 442 g/mol. The van der Waals surface area contributed by atoms with E-state index in [2.05, 4.69) is 9.64 Å². The highest BCUT2D eigenvalue weighted by Gasteiger charge is 2.37. The van der Waals surface area contributed by atoms with Gasteiger partial charge in [0.15, 0.2) is 0 Å². The third kappa shape index (κ3) is 5.09. The van der Waals surface area contributed by atoms with Crippen LogP contribution in [0.3, 0.4) is 0 Å². The SMILES string of the molecule is COC(=O)c1ccc(/C=C2\SC(=O)N(CC(=O)N3CCN(c4ccccc4)CC3)C2=O)cc1. The van der Waals surface area contributed by atoms with Crippen LogP contribution in [0.15, 0.2) is 59.5 Å². The van der Waals surface area contributed by atoms with Crippen LogP contribution >= 0.6 is 11.8 Å². The Morgan fingerprint density at radius 3 is 2.27 bits per heavy atom. The minimum absolute atomic E-state index is 0.242. The van der Waals surface area contributed by atoms with E-state index in [9.17, 15) is 19.2 Å². The molecule has 0 unspecified atom stereocenters. The predicted octanol–water partition coefficient (Wildman–Crippen LogP) is 2.86. The third-order valence-corrected chi connectivity index (χ3v) is 6.46. The van der Waals surface area contributed by atoms with E-state index in [1.54, 1.807) is 35.2 Å². The fourth-order valence-corrected chi connectivity index (χ4v) is 4.55. The van der Waals surface area contributed by atoms with Gasteiger partial charge in [0.2, 0.25) is 5.91 Å². The Balaban J connectivity index is 1.35. The average molecular weight is 466 g/mol. The van der Waals surface area contributed by atoms with Crippen LogP contribution in [0.2, 0.25) is 0 Å². The molecule has 2 heterocycles. The Labute approximate surface area is 195 Å². The Bertz CT molecular complexity index is 1090. The quantitative estimate of drug-likeness (QED) is 0.496. The zero-order chi connectivity index (χ0) is 23.4. The Kier molecular flexibility index (Phi) is 6.79. The number of nitrogens with zero attached hydrogens (tertiary/aromatic N) is 3. The Hall–Kier alpha value is -3.59. The lowest BCUT2D eigenvalue weighted by molar-refractivity contribution is -0.136. The molecular formula is C24H23N3O5S. The lowest BCUT2D eigenvalue weighted by atomic mass is 10.1. The van der Waals surface area contributed by atoms with E-state index in [0.717, 1.165) is 22.3 Å². The van der Waals surface area contributed by atoms with Crippen LogP contribution in [0.25, 0.3) is 6.08 Å². The van der Waals surface area contributed by atoms with Crippen molar-refractivity contribution in [2.24, 2.45) is 0 Å². The van der Waals surface area contributed by atoms with Gasteiger partial charge in [-0.25, -0.2) is 4.79 Å². The molecule has 8 nitrogen and oxygen atoms in total. The van der Waals surface area contributed by atoms with E-state index < -0.39 is 17.1 Å². The number of carbonyl (C=O) groups is 4. The first-order valence-electron chi connectivity index (χ1n) is 10.5. The second-order valence-electron chi connectivity index (χ2n) is 7.58. The summed E-state index contributed by atoms with van der Waals surface area (Å²) in [6, 6.07) is 16.5. The van der Waals surface area contributed by atoms with Gasteiger partial charge in [-0.3, -0.25) is 19.3 Å². The molecule has 2 fully saturated rings. The smallest absolute Gasteiger partial charge is 0.337 e. The largest absolute Gasteiger partial charge is 0.465 e. The number of thioether (sulfide) groups is 1. The zero-order valence-corrected chi connectivity index (χ0v) is 18.9. The molecule has 2 aliphatic heterocycles. The predicted molar refractivity (Wildman–Crippen MR) is 126 cm³/mol. The van der Waals surface area contributed by atoms with Crippen LogP contribution in [-0.4, -0.2) is 72.7 Å². The van der Waals surface area contributed by atoms with E-state index in [1.165, 1.54) is 7.11 Å². The van der Waals surface area contributed by atoms with Gasteiger partial charge in [-0.15, -0.1) is 0 Å². The standard InChI is InChI=1S/C24H23N3O5S/c1-32-23(30)18-9-7-17(8-10-18)15-20-22(29)27(24(31)33-20)16-21(28)26-13-11-25(12-14-26)19-5-3-2-4-6-19/h2-10,15H,11-14,16H2,1H3/b20-15-. The van der Waals surface area contributed by atoms with Crippen molar-refractivity contribution in [1.29, 1.82) is 0 Å². The van der Waals surface area contributed by atoms with E-state index in [1.807, 2.05) is 30.3 Å². The van der Waals surface area contributed by atoms with Gasteiger partial charge >= 0.3 is 5.97 Å². The topological polar surface area (TPSA) is 87.2 Å². The monoisotopic (exact) mass is 465 g/mol. The molecule has 4 rings (SSSR count). The van der Waals surface area contributed by atoms with Crippen molar-refractivity contribution in [2.45, 2.75) is 0 Å². The molecule has 0 saturated carbocycles. The van der Waals surface area contributed by atoms with Crippen LogP contribution < -0.4 is 4.90 Å². The number of hydrogen-bond donors (Lipinski definition) is 0. The van der Waals surface area contributed by atoms with E-state index in [4.69, 9.17) is 0 Å². The number of esters is 1. The second-order valence-corrected chi connectivity index (χ2v) is 8.58. The summed E-state index contributed by atoms with van der Waals surface area (Å²) in [6.45, 7) is 2.19. The van der Waals surface area contributed by atoms with Crippen molar-refractivity contribution in [3.8, 4) is 0 Å². The fraction of sp³-hybridized carbons (Fsp3) is 0.250.